The highest BCUT2D eigenvalue weighted by Crippen LogP contribution is 2.39. The summed E-state index contributed by atoms with van der Waals surface area (Å²) in [7, 11) is 0. The molecular formula is C25H21ClN2O2S. The van der Waals surface area contributed by atoms with Crippen molar-refractivity contribution in [1.82, 2.24) is 0 Å². The SMILES string of the molecule is Cc1cc(Cl)ccc1N1C(=O)C(Nc2cccc(C)c2C)=C(Sc2ccccc2)C1=O. The summed E-state index contributed by atoms with van der Waals surface area (Å²) < 4.78 is 0. The van der Waals surface area contributed by atoms with Gasteiger partial charge in [0.1, 0.15) is 10.6 Å². The first kappa shape index (κ1) is 21.2. The number of halogens is 1. The van der Waals surface area contributed by atoms with Crippen LogP contribution < -0.4 is 10.2 Å². The molecule has 6 heteroatoms. The molecule has 1 heterocycles. The summed E-state index contributed by atoms with van der Waals surface area (Å²) >= 11 is 7.37. The van der Waals surface area contributed by atoms with Gasteiger partial charge in [-0.05, 0) is 73.9 Å². The van der Waals surface area contributed by atoms with Crippen molar-refractivity contribution < 1.29 is 9.59 Å². The highest BCUT2D eigenvalue weighted by molar-refractivity contribution is 8.04. The molecule has 1 N–H and O–H groups in total. The van der Waals surface area contributed by atoms with E-state index in [1.807, 2.05) is 69.3 Å². The van der Waals surface area contributed by atoms with E-state index in [1.54, 1.807) is 18.2 Å². The second kappa shape index (κ2) is 8.61. The minimum Gasteiger partial charge on any atom is -0.350 e. The molecule has 4 nitrogen and oxygen atoms in total. The molecule has 0 saturated heterocycles. The average Bonchev–Trinajstić information content (AvgIpc) is 2.96. The first-order valence-corrected chi connectivity index (χ1v) is 11.0. The molecule has 0 fully saturated rings. The van der Waals surface area contributed by atoms with Crippen molar-refractivity contribution in [1.29, 1.82) is 0 Å². The Morgan fingerprint density at radius 3 is 2.29 bits per heavy atom. The van der Waals surface area contributed by atoms with Crippen molar-refractivity contribution in [3.05, 3.63) is 99.0 Å². The van der Waals surface area contributed by atoms with Gasteiger partial charge in [-0.15, -0.1) is 0 Å². The highest BCUT2D eigenvalue weighted by atomic mass is 35.5. The van der Waals surface area contributed by atoms with Crippen LogP contribution in [0, 0.1) is 20.8 Å². The van der Waals surface area contributed by atoms with Crippen molar-refractivity contribution in [3.8, 4) is 0 Å². The van der Waals surface area contributed by atoms with Gasteiger partial charge in [-0.25, -0.2) is 4.90 Å². The standard InChI is InChI=1S/C25H21ClN2O2S/c1-15-8-7-11-20(17(15)3)27-22-23(31-19-9-5-4-6-10-19)25(30)28(24(22)29)21-13-12-18(26)14-16(21)2/h4-14,27H,1-3H3. The van der Waals surface area contributed by atoms with E-state index in [-0.39, 0.29) is 17.5 Å². The number of hydrogen-bond acceptors (Lipinski definition) is 4. The second-order valence-electron chi connectivity index (χ2n) is 7.37. The molecule has 3 aromatic carbocycles. The molecule has 0 bridgehead atoms. The van der Waals surface area contributed by atoms with Crippen molar-refractivity contribution in [2.75, 3.05) is 10.2 Å². The summed E-state index contributed by atoms with van der Waals surface area (Å²) in [6, 6.07) is 20.6. The number of nitrogens with zero attached hydrogens (tertiary/aromatic N) is 1. The van der Waals surface area contributed by atoms with E-state index in [0.717, 1.165) is 27.3 Å². The van der Waals surface area contributed by atoms with Crippen LogP contribution in [0.5, 0.6) is 0 Å². The first-order chi connectivity index (χ1) is 14.9. The first-order valence-electron chi connectivity index (χ1n) is 9.82. The normalized spacial score (nSPS) is 13.9. The molecule has 1 aliphatic heterocycles. The van der Waals surface area contributed by atoms with Crippen molar-refractivity contribution in [3.63, 3.8) is 0 Å². The van der Waals surface area contributed by atoms with E-state index >= 15 is 0 Å². The van der Waals surface area contributed by atoms with Gasteiger partial charge in [0.05, 0.1) is 5.69 Å². The topological polar surface area (TPSA) is 49.4 Å². The molecule has 0 saturated carbocycles. The van der Waals surface area contributed by atoms with Gasteiger partial charge in [0.2, 0.25) is 0 Å². The average molecular weight is 449 g/mol. The largest absolute Gasteiger partial charge is 0.350 e. The van der Waals surface area contributed by atoms with E-state index in [9.17, 15) is 9.59 Å². The third-order valence-electron chi connectivity index (χ3n) is 5.27. The zero-order valence-corrected chi connectivity index (χ0v) is 19.0. The lowest BCUT2D eigenvalue weighted by Crippen LogP contribution is -2.33. The summed E-state index contributed by atoms with van der Waals surface area (Å²) in [5.41, 5.74) is 4.50. The number of rotatable bonds is 5. The van der Waals surface area contributed by atoms with Gasteiger partial charge in [0.15, 0.2) is 0 Å². The van der Waals surface area contributed by atoms with Crippen LogP contribution in [0.2, 0.25) is 5.02 Å². The molecule has 0 atom stereocenters. The minimum absolute atomic E-state index is 0.280. The number of thioether (sulfide) groups is 1. The quantitative estimate of drug-likeness (QED) is 0.468. The van der Waals surface area contributed by atoms with Crippen LogP contribution in [0.4, 0.5) is 11.4 Å². The number of amides is 2. The number of imide groups is 1. The van der Waals surface area contributed by atoms with Crippen LogP contribution in [0.1, 0.15) is 16.7 Å². The van der Waals surface area contributed by atoms with Crippen molar-refractivity contribution >= 4 is 46.6 Å². The summed E-state index contributed by atoms with van der Waals surface area (Å²) in [6.07, 6.45) is 0. The smallest absolute Gasteiger partial charge is 0.283 e. The fourth-order valence-electron chi connectivity index (χ4n) is 3.43. The molecule has 0 aliphatic carbocycles. The molecule has 1 aliphatic rings. The van der Waals surface area contributed by atoms with Gasteiger partial charge in [0.25, 0.3) is 11.8 Å². The summed E-state index contributed by atoms with van der Waals surface area (Å²) in [6.45, 7) is 5.84. The Hall–Kier alpha value is -3.02. The van der Waals surface area contributed by atoms with Crippen molar-refractivity contribution in [2.45, 2.75) is 25.7 Å². The van der Waals surface area contributed by atoms with Gasteiger partial charge in [0, 0.05) is 15.6 Å². The Labute approximate surface area is 190 Å². The summed E-state index contributed by atoms with van der Waals surface area (Å²) in [5, 5.41) is 3.81. The Morgan fingerprint density at radius 1 is 0.839 bits per heavy atom. The zero-order valence-electron chi connectivity index (χ0n) is 17.4. The summed E-state index contributed by atoms with van der Waals surface area (Å²) in [4.78, 5) is 29.4. The van der Waals surface area contributed by atoms with Crippen LogP contribution in [-0.2, 0) is 9.59 Å². The monoisotopic (exact) mass is 448 g/mol. The predicted octanol–water partition coefficient (Wildman–Crippen LogP) is 6.25. The third-order valence-corrected chi connectivity index (χ3v) is 6.59. The van der Waals surface area contributed by atoms with E-state index < -0.39 is 0 Å². The van der Waals surface area contributed by atoms with E-state index in [1.165, 1.54) is 16.7 Å². The molecule has 0 aromatic heterocycles. The molecule has 156 valence electrons. The lowest BCUT2D eigenvalue weighted by atomic mass is 10.1. The highest BCUT2D eigenvalue weighted by Gasteiger charge is 2.41. The fraction of sp³-hybridized carbons (Fsp3) is 0.120. The van der Waals surface area contributed by atoms with E-state index in [0.29, 0.717) is 15.6 Å². The van der Waals surface area contributed by atoms with Crippen LogP contribution in [0.3, 0.4) is 0 Å². The van der Waals surface area contributed by atoms with E-state index in [4.69, 9.17) is 11.6 Å². The number of aryl methyl sites for hydroxylation is 2. The van der Waals surface area contributed by atoms with Gasteiger partial charge in [-0.2, -0.15) is 0 Å². The maximum atomic E-state index is 13.5. The van der Waals surface area contributed by atoms with Crippen LogP contribution >= 0.6 is 23.4 Å². The minimum atomic E-state index is -0.380. The Balaban J connectivity index is 1.79. The van der Waals surface area contributed by atoms with Gasteiger partial charge >= 0.3 is 0 Å². The second-order valence-corrected chi connectivity index (χ2v) is 8.89. The molecule has 3 aromatic rings. The van der Waals surface area contributed by atoms with Gasteiger partial charge in [-0.1, -0.05) is 53.7 Å². The Morgan fingerprint density at radius 2 is 1.58 bits per heavy atom. The van der Waals surface area contributed by atoms with Crippen LogP contribution in [0.25, 0.3) is 0 Å². The van der Waals surface area contributed by atoms with Crippen molar-refractivity contribution in [2.24, 2.45) is 0 Å². The van der Waals surface area contributed by atoms with Gasteiger partial charge < -0.3 is 5.32 Å². The molecule has 0 radical (unpaired) electrons. The number of carbonyl (C=O) groups is 2. The number of benzene rings is 3. The number of hydrogen-bond donors (Lipinski definition) is 1. The Bertz CT molecular complexity index is 1220. The molecule has 4 rings (SSSR count). The number of anilines is 2. The zero-order chi connectivity index (χ0) is 22.1. The maximum Gasteiger partial charge on any atom is 0.283 e. The third kappa shape index (κ3) is 4.11. The van der Waals surface area contributed by atoms with Crippen LogP contribution in [-0.4, -0.2) is 11.8 Å². The molecule has 2 amide bonds. The van der Waals surface area contributed by atoms with Gasteiger partial charge in [-0.3, -0.25) is 9.59 Å². The summed E-state index contributed by atoms with van der Waals surface area (Å²) in [5.74, 6) is -0.730. The molecule has 0 unspecified atom stereocenters. The fourth-order valence-corrected chi connectivity index (χ4v) is 4.61. The number of nitrogens with one attached hydrogen (secondary N) is 1. The lowest BCUT2D eigenvalue weighted by Gasteiger charge is -2.18. The Kier molecular flexibility index (Phi) is 5.90. The molecule has 31 heavy (non-hydrogen) atoms. The lowest BCUT2D eigenvalue weighted by molar-refractivity contribution is -0.120. The maximum absolute atomic E-state index is 13.5. The van der Waals surface area contributed by atoms with E-state index in [2.05, 4.69) is 5.32 Å². The number of carbonyl (C=O) groups excluding carboxylic acids is 2. The predicted molar refractivity (Wildman–Crippen MR) is 128 cm³/mol. The van der Waals surface area contributed by atoms with Crippen LogP contribution in [0.15, 0.2) is 82.2 Å². The molecular weight excluding hydrogens is 428 g/mol. The molecule has 0 spiro atoms.